The molecule has 0 unspecified atom stereocenters. The lowest BCUT2D eigenvalue weighted by molar-refractivity contribution is -0.0295. The van der Waals surface area contributed by atoms with E-state index in [1.54, 1.807) is 14.0 Å². The molecular formula is C15H25ClN4O2. The maximum Gasteiger partial charge on any atom is 0.256 e. The zero-order valence-corrected chi connectivity index (χ0v) is 14.5. The molecule has 0 spiro atoms. The first-order chi connectivity index (χ1) is 10.4. The first kappa shape index (κ1) is 17.2. The number of hydrogen-bond acceptors (Lipinski definition) is 4. The molecule has 0 bridgehead atoms. The van der Waals surface area contributed by atoms with Gasteiger partial charge in [0.1, 0.15) is 5.15 Å². The lowest BCUT2D eigenvalue weighted by Crippen LogP contribution is -2.48. The number of morpholine rings is 1. The van der Waals surface area contributed by atoms with E-state index in [-0.39, 0.29) is 12.0 Å². The van der Waals surface area contributed by atoms with Crippen molar-refractivity contribution in [2.24, 2.45) is 13.0 Å². The molecule has 124 valence electrons. The molecule has 1 fully saturated rings. The predicted octanol–water partition coefficient (Wildman–Crippen LogP) is 1.47. The second-order valence-corrected chi connectivity index (χ2v) is 6.59. The number of hydrogen-bond donors (Lipinski definition) is 1. The van der Waals surface area contributed by atoms with Crippen LogP contribution in [-0.2, 0) is 11.8 Å². The summed E-state index contributed by atoms with van der Waals surface area (Å²) in [4.78, 5) is 14.7. The third-order valence-corrected chi connectivity index (χ3v) is 4.15. The van der Waals surface area contributed by atoms with Crippen LogP contribution < -0.4 is 5.32 Å². The molecule has 6 nitrogen and oxygen atoms in total. The van der Waals surface area contributed by atoms with E-state index in [0.29, 0.717) is 35.5 Å². The van der Waals surface area contributed by atoms with Crippen molar-refractivity contribution < 1.29 is 9.53 Å². The van der Waals surface area contributed by atoms with Crippen molar-refractivity contribution in [2.75, 3.05) is 32.8 Å². The molecule has 1 saturated heterocycles. The van der Waals surface area contributed by atoms with Gasteiger partial charge in [-0.1, -0.05) is 25.4 Å². The molecule has 2 rings (SSSR count). The number of rotatable bonds is 5. The van der Waals surface area contributed by atoms with Crippen LogP contribution in [0, 0.1) is 12.8 Å². The van der Waals surface area contributed by atoms with E-state index in [1.807, 2.05) is 0 Å². The van der Waals surface area contributed by atoms with Crippen LogP contribution in [0.5, 0.6) is 0 Å². The van der Waals surface area contributed by atoms with Gasteiger partial charge in [0.15, 0.2) is 0 Å². The highest BCUT2D eigenvalue weighted by molar-refractivity contribution is 6.33. The molecule has 2 heterocycles. The van der Waals surface area contributed by atoms with E-state index in [1.165, 1.54) is 4.68 Å². The monoisotopic (exact) mass is 328 g/mol. The summed E-state index contributed by atoms with van der Waals surface area (Å²) >= 11 is 6.11. The number of carbonyl (C=O) groups excluding carboxylic acids is 1. The Morgan fingerprint density at radius 2 is 2.27 bits per heavy atom. The number of aryl methyl sites for hydroxylation is 2. The Morgan fingerprint density at radius 3 is 2.86 bits per heavy atom. The van der Waals surface area contributed by atoms with Gasteiger partial charge in [-0.05, 0) is 12.8 Å². The molecule has 1 aromatic rings. The minimum atomic E-state index is -0.194. The Bertz CT molecular complexity index is 530. The van der Waals surface area contributed by atoms with E-state index in [9.17, 15) is 4.79 Å². The molecule has 22 heavy (non-hydrogen) atoms. The first-order valence-electron chi connectivity index (χ1n) is 7.69. The topological polar surface area (TPSA) is 59.4 Å². The van der Waals surface area contributed by atoms with Gasteiger partial charge >= 0.3 is 0 Å². The molecule has 1 aromatic heterocycles. The first-order valence-corrected chi connectivity index (χ1v) is 8.07. The SMILES string of the molecule is Cc1nn(C)c(Cl)c1C(=O)NC[C@H]1CN(CC(C)C)CCO1. The minimum Gasteiger partial charge on any atom is -0.374 e. The number of nitrogens with one attached hydrogen (secondary N) is 1. The molecule has 1 aliphatic heterocycles. The van der Waals surface area contributed by atoms with Crippen LogP contribution in [0.1, 0.15) is 29.9 Å². The highest BCUT2D eigenvalue weighted by Gasteiger charge is 2.23. The van der Waals surface area contributed by atoms with E-state index in [4.69, 9.17) is 16.3 Å². The Hall–Kier alpha value is -1.11. The van der Waals surface area contributed by atoms with E-state index in [0.717, 1.165) is 19.6 Å². The van der Waals surface area contributed by atoms with Gasteiger partial charge in [0.2, 0.25) is 0 Å². The summed E-state index contributed by atoms with van der Waals surface area (Å²) in [5.74, 6) is 0.436. The zero-order chi connectivity index (χ0) is 16.3. The molecule has 1 aliphatic rings. The van der Waals surface area contributed by atoms with E-state index in [2.05, 4.69) is 29.2 Å². The summed E-state index contributed by atoms with van der Waals surface area (Å²) in [6.07, 6.45) is 0.0206. The van der Waals surface area contributed by atoms with Gasteiger partial charge < -0.3 is 10.1 Å². The molecule has 0 saturated carbocycles. The average Bonchev–Trinajstić information content (AvgIpc) is 2.69. The molecule has 1 amide bonds. The van der Waals surface area contributed by atoms with Crippen molar-refractivity contribution in [1.82, 2.24) is 20.0 Å². The van der Waals surface area contributed by atoms with Crippen molar-refractivity contribution in [3.63, 3.8) is 0 Å². The van der Waals surface area contributed by atoms with Gasteiger partial charge in [-0.2, -0.15) is 5.10 Å². The lowest BCUT2D eigenvalue weighted by Gasteiger charge is -2.33. The fourth-order valence-corrected chi connectivity index (χ4v) is 3.03. The standard InChI is InChI=1S/C15H25ClN4O2/c1-10(2)8-20-5-6-22-12(9-20)7-17-15(21)13-11(3)18-19(4)14(13)16/h10,12H,5-9H2,1-4H3,(H,17,21)/t12-/m0/s1. The smallest absolute Gasteiger partial charge is 0.256 e. The zero-order valence-electron chi connectivity index (χ0n) is 13.7. The third-order valence-electron chi connectivity index (χ3n) is 3.72. The van der Waals surface area contributed by atoms with Gasteiger partial charge in [-0.15, -0.1) is 0 Å². The quantitative estimate of drug-likeness (QED) is 0.889. The van der Waals surface area contributed by atoms with Crippen LogP contribution in [0.2, 0.25) is 5.15 Å². The Kier molecular flexibility index (Phi) is 5.83. The number of amides is 1. The highest BCUT2D eigenvalue weighted by Crippen LogP contribution is 2.18. The van der Waals surface area contributed by atoms with Gasteiger partial charge in [0, 0.05) is 33.2 Å². The Balaban J connectivity index is 1.88. The van der Waals surface area contributed by atoms with Crippen molar-refractivity contribution in [2.45, 2.75) is 26.9 Å². The molecule has 1 atom stereocenters. The number of nitrogens with zero attached hydrogens (tertiary/aromatic N) is 3. The molecule has 0 aliphatic carbocycles. The van der Waals surface area contributed by atoms with Crippen LogP contribution in [0.25, 0.3) is 0 Å². The summed E-state index contributed by atoms with van der Waals surface area (Å²) in [6.45, 7) is 10.2. The van der Waals surface area contributed by atoms with Crippen LogP contribution in [0.15, 0.2) is 0 Å². The minimum absolute atomic E-state index is 0.0206. The van der Waals surface area contributed by atoms with Crippen LogP contribution in [0.3, 0.4) is 0 Å². The van der Waals surface area contributed by atoms with Crippen molar-refractivity contribution >= 4 is 17.5 Å². The highest BCUT2D eigenvalue weighted by atomic mass is 35.5. The fraction of sp³-hybridized carbons (Fsp3) is 0.733. The summed E-state index contributed by atoms with van der Waals surface area (Å²) in [5, 5.41) is 7.43. The third kappa shape index (κ3) is 4.21. The summed E-state index contributed by atoms with van der Waals surface area (Å²) in [7, 11) is 1.72. The summed E-state index contributed by atoms with van der Waals surface area (Å²) in [5.41, 5.74) is 1.08. The maximum absolute atomic E-state index is 12.3. The van der Waals surface area contributed by atoms with E-state index >= 15 is 0 Å². The Labute approximate surface area is 136 Å². The van der Waals surface area contributed by atoms with Crippen LogP contribution in [0.4, 0.5) is 0 Å². The van der Waals surface area contributed by atoms with Crippen molar-refractivity contribution in [3.05, 3.63) is 16.4 Å². The second kappa shape index (κ2) is 7.44. The van der Waals surface area contributed by atoms with E-state index < -0.39 is 0 Å². The number of halogens is 1. The largest absolute Gasteiger partial charge is 0.374 e. The summed E-state index contributed by atoms with van der Waals surface area (Å²) < 4.78 is 7.24. The molecular weight excluding hydrogens is 304 g/mol. The van der Waals surface area contributed by atoms with Gasteiger partial charge in [-0.25, -0.2) is 0 Å². The molecule has 0 aromatic carbocycles. The lowest BCUT2D eigenvalue weighted by atomic mass is 10.1. The summed E-state index contributed by atoms with van der Waals surface area (Å²) in [6, 6.07) is 0. The predicted molar refractivity (Wildman–Crippen MR) is 86.3 cm³/mol. The van der Waals surface area contributed by atoms with Gasteiger partial charge in [0.25, 0.3) is 5.91 Å². The van der Waals surface area contributed by atoms with Crippen LogP contribution in [-0.4, -0.2) is 59.5 Å². The van der Waals surface area contributed by atoms with Crippen molar-refractivity contribution in [3.8, 4) is 0 Å². The van der Waals surface area contributed by atoms with Crippen molar-refractivity contribution in [1.29, 1.82) is 0 Å². The molecule has 7 heteroatoms. The second-order valence-electron chi connectivity index (χ2n) is 6.23. The number of aromatic nitrogens is 2. The Morgan fingerprint density at radius 1 is 1.55 bits per heavy atom. The normalized spacial score (nSPS) is 19.6. The fourth-order valence-electron chi connectivity index (χ4n) is 2.77. The molecule has 0 radical (unpaired) electrons. The number of ether oxygens (including phenoxy) is 1. The molecule has 1 N–H and O–H groups in total. The number of carbonyl (C=O) groups is 1. The van der Waals surface area contributed by atoms with Crippen LogP contribution >= 0.6 is 11.6 Å². The van der Waals surface area contributed by atoms with Gasteiger partial charge in [0.05, 0.1) is 24.0 Å². The maximum atomic E-state index is 12.3. The van der Waals surface area contributed by atoms with Gasteiger partial charge in [-0.3, -0.25) is 14.4 Å². The average molecular weight is 329 g/mol.